The van der Waals surface area contributed by atoms with Crippen molar-refractivity contribution in [2.45, 2.75) is 79.3 Å². The summed E-state index contributed by atoms with van der Waals surface area (Å²) in [6.45, 7) is 12.8. The third kappa shape index (κ3) is 28.8. The van der Waals surface area contributed by atoms with Crippen LogP contribution in [0.2, 0.25) is 0 Å². The number of methoxy groups -OCH3 is 1. The molecule has 0 aromatic heterocycles. The van der Waals surface area contributed by atoms with Gasteiger partial charge in [0, 0.05) is 33.5 Å². The fraction of sp³-hybridized carbons (Fsp3) is 1.00. The van der Waals surface area contributed by atoms with Gasteiger partial charge in [0.25, 0.3) is 0 Å². The molecule has 0 bridgehead atoms. The summed E-state index contributed by atoms with van der Waals surface area (Å²) in [6, 6.07) is 0. The molecule has 0 heterocycles. The van der Waals surface area contributed by atoms with Crippen LogP contribution < -0.4 is 0 Å². The summed E-state index contributed by atoms with van der Waals surface area (Å²) in [5.41, 5.74) is 0. The number of rotatable bonds is 10. The molecular formula is C18H44O7. The molecule has 0 aliphatic rings. The van der Waals surface area contributed by atoms with Crippen LogP contribution in [-0.2, 0) is 14.2 Å². The number of ether oxygens (including phenoxy) is 3. The van der Waals surface area contributed by atoms with E-state index in [4.69, 9.17) is 29.5 Å². The van der Waals surface area contributed by atoms with E-state index in [0.717, 1.165) is 25.7 Å². The molecule has 2 atom stereocenters. The predicted molar refractivity (Wildman–Crippen MR) is 101 cm³/mol. The molecule has 0 aliphatic carbocycles. The highest BCUT2D eigenvalue weighted by Crippen LogP contribution is 2.17. The normalized spacial score (nSPS) is 13.1. The van der Waals surface area contributed by atoms with Crippen LogP contribution in [-0.4, -0.2) is 72.6 Å². The highest BCUT2D eigenvalue weighted by Gasteiger charge is 2.36. The van der Waals surface area contributed by atoms with Crippen LogP contribution >= 0.6 is 0 Å². The third-order valence-electron chi connectivity index (χ3n) is 2.48. The van der Waals surface area contributed by atoms with E-state index in [-0.39, 0.29) is 19.8 Å². The summed E-state index contributed by atoms with van der Waals surface area (Å²) >= 11 is 0. The second-order valence-corrected chi connectivity index (χ2v) is 4.85. The van der Waals surface area contributed by atoms with E-state index < -0.39 is 12.1 Å². The van der Waals surface area contributed by atoms with Crippen LogP contribution in [0.5, 0.6) is 0 Å². The van der Waals surface area contributed by atoms with E-state index in [0.29, 0.717) is 13.2 Å². The Morgan fingerprint density at radius 3 is 1.48 bits per heavy atom. The molecule has 2 unspecified atom stereocenters. The van der Waals surface area contributed by atoms with Gasteiger partial charge in [-0.05, 0) is 40.5 Å². The van der Waals surface area contributed by atoms with Crippen molar-refractivity contribution in [3.05, 3.63) is 0 Å². The minimum atomic E-state index is -1.62. The van der Waals surface area contributed by atoms with Gasteiger partial charge in [0.15, 0.2) is 0 Å². The number of hydrogen-bond acceptors (Lipinski definition) is 7. The van der Waals surface area contributed by atoms with E-state index in [1.165, 1.54) is 7.11 Å². The number of unbranched alkanes of at least 4 members (excludes halogenated alkanes) is 2. The van der Waals surface area contributed by atoms with Crippen molar-refractivity contribution >= 4 is 0 Å². The van der Waals surface area contributed by atoms with Gasteiger partial charge in [0.1, 0.15) is 6.10 Å². The molecule has 0 radical (unpaired) electrons. The molecule has 7 nitrogen and oxygen atoms in total. The van der Waals surface area contributed by atoms with Crippen LogP contribution in [0.1, 0.15) is 67.2 Å². The van der Waals surface area contributed by atoms with E-state index >= 15 is 0 Å². The fourth-order valence-electron chi connectivity index (χ4n) is 1.21. The Kier molecular flexibility index (Phi) is 37.0. The Morgan fingerprint density at radius 2 is 1.16 bits per heavy atom. The minimum Gasteiger partial charge on any atom is -0.397 e. The summed E-state index contributed by atoms with van der Waals surface area (Å²) in [5.74, 6) is -1.62. The molecular weight excluding hydrogens is 328 g/mol. The lowest BCUT2D eigenvalue weighted by Gasteiger charge is -2.31. The van der Waals surface area contributed by atoms with Gasteiger partial charge in [-0.3, -0.25) is 0 Å². The summed E-state index contributed by atoms with van der Waals surface area (Å²) in [6.07, 6.45) is 3.47. The zero-order chi connectivity index (χ0) is 20.6. The third-order valence-corrected chi connectivity index (χ3v) is 2.48. The molecule has 0 amide bonds. The first kappa shape index (κ1) is 32.4. The van der Waals surface area contributed by atoms with Gasteiger partial charge >= 0.3 is 5.97 Å². The first-order chi connectivity index (χ1) is 11.8. The maximum atomic E-state index is 10.0. The molecule has 0 aromatic rings. The van der Waals surface area contributed by atoms with E-state index in [1.54, 1.807) is 27.7 Å². The molecule has 0 spiro atoms. The molecule has 7 heteroatoms. The summed E-state index contributed by atoms with van der Waals surface area (Å²) in [5, 5.41) is 32.8. The molecule has 0 saturated carbocycles. The van der Waals surface area contributed by atoms with Gasteiger partial charge in [-0.25, -0.2) is 0 Å². The van der Waals surface area contributed by atoms with Crippen LogP contribution in [0.15, 0.2) is 0 Å². The lowest BCUT2D eigenvalue weighted by atomic mass is 10.3. The van der Waals surface area contributed by atoms with E-state index in [2.05, 4.69) is 13.8 Å². The van der Waals surface area contributed by atoms with Crippen LogP contribution in [0.25, 0.3) is 0 Å². The SMILES string of the molecule is CCCCOC(C)C(O)(OC)OCCCC.CCO.CCO.CCO. The van der Waals surface area contributed by atoms with Gasteiger partial charge in [-0.1, -0.05) is 26.7 Å². The average molecular weight is 373 g/mol. The van der Waals surface area contributed by atoms with Crippen molar-refractivity contribution in [2.75, 3.05) is 40.1 Å². The maximum Gasteiger partial charge on any atom is 0.307 e. The molecule has 0 aliphatic heterocycles. The molecule has 4 N–H and O–H groups in total. The molecule has 25 heavy (non-hydrogen) atoms. The van der Waals surface area contributed by atoms with Gasteiger partial charge in [0.2, 0.25) is 0 Å². The second kappa shape index (κ2) is 28.5. The second-order valence-electron chi connectivity index (χ2n) is 4.85. The number of hydrogen-bond donors (Lipinski definition) is 4. The monoisotopic (exact) mass is 372 g/mol. The fourth-order valence-corrected chi connectivity index (χ4v) is 1.21. The Hall–Kier alpha value is -0.280. The first-order valence-electron chi connectivity index (χ1n) is 9.20. The molecule has 0 saturated heterocycles. The Bertz CT molecular complexity index is 201. The average Bonchev–Trinajstić information content (AvgIpc) is 2.57. The van der Waals surface area contributed by atoms with Crippen LogP contribution in [0, 0.1) is 0 Å². The van der Waals surface area contributed by atoms with E-state index in [9.17, 15) is 5.11 Å². The maximum absolute atomic E-state index is 10.0. The van der Waals surface area contributed by atoms with Crippen molar-refractivity contribution in [1.29, 1.82) is 0 Å². The summed E-state index contributed by atoms with van der Waals surface area (Å²) < 4.78 is 15.8. The van der Waals surface area contributed by atoms with Gasteiger partial charge < -0.3 is 34.6 Å². The zero-order valence-electron chi connectivity index (χ0n) is 17.5. The van der Waals surface area contributed by atoms with Gasteiger partial charge in [-0.15, -0.1) is 0 Å². The lowest BCUT2D eigenvalue weighted by Crippen LogP contribution is -2.47. The highest BCUT2D eigenvalue weighted by atomic mass is 16.8. The van der Waals surface area contributed by atoms with Gasteiger partial charge in [0.05, 0.1) is 6.61 Å². The Labute approximate surface area is 154 Å². The molecule has 0 aromatic carbocycles. The minimum absolute atomic E-state index is 0.250. The lowest BCUT2D eigenvalue weighted by molar-refractivity contribution is -0.389. The number of aliphatic hydroxyl groups is 4. The highest BCUT2D eigenvalue weighted by molar-refractivity contribution is 4.64. The van der Waals surface area contributed by atoms with Crippen molar-refractivity contribution in [3.63, 3.8) is 0 Å². The van der Waals surface area contributed by atoms with Crippen LogP contribution in [0.4, 0.5) is 0 Å². The van der Waals surface area contributed by atoms with Gasteiger partial charge in [-0.2, -0.15) is 0 Å². The summed E-state index contributed by atoms with van der Waals surface area (Å²) in [7, 11) is 1.42. The quantitative estimate of drug-likeness (QED) is 0.344. The zero-order valence-corrected chi connectivity index (χ0v) is 17.5. The topological polar surface area (TPSA) is 109 Å². The largest absolute Gasteiger partial charge is 0.397 e. The van der Waals surface area contributed by atoms with Crippen molar-refractivity contribution in [1.82, 2.24) is 0 Å². The first-order valence-corrected chi connectivity index (χ1v) is 9.20. The van der Waals surface area contributed by atoms with Crippen LogP contribution in [0.3, 0.4) is 0 Å². The molecule has 0 fully saturated rings. The van der Waals surface area contributed by atoms with Crippen molar-refractivity contribution in [2.24, 2.45) is 0 Å². The Balaban J connectivity index is -0.000000204. The molecule has 158 valence electrons. The standard InChI is InChI=1S/C12H26O4.3C2H6O/c1-5-7-9-15-11(3)12(13,14-4)16-10-8-6-2;3*1-2-3/h11,13H,5-10H2,1-4H3;3*3H,2H2,1H3. The van der Waals surface area contributed by atoms with E-state index in [1.807, 2.05) is 0 Å². The smallest absolute Gasteiger partial charge is 0.307 e. The van der Waals surface area contributed by atoms with Crippen molar-refractivity contribution < 1.29 is 34.6 Å². The molecule has 0 rings (SSSR count). The summed E-state index contributed by atoms with van der Waals surface area (Å²) in [4.78, 5) is 0. The number of aliphatic hydroxyl groups excluding tert-OH is 3. The van der Waals surface area contributed by atoms with Crippen molar-refractivity contribution in [3.8, 4) is 0 Å². The Morgan fingerprint density at radius 1 is 0.800 bits per heavy atom. The predicted octanol–water partition coefficient (Wildman–Crippen LogP) is 2.30.